The van der Waals surface area contributed by atoms with E-state index >= 15 is 0 Å². The van der Waals surface area contributed by atoms with Gasteiger partial charge in [0.25, 0.3) is 0 Å². The van der Waals surface area contributed by atoms with Gasteiger partial charge in [0.05, 0.1) is 11.9 Å². The standard InChI is InChI=1S/C16H20N4/c1-12(2)18-10-14-9-17-11-16(19-14)20-8-7-13-5-3-4-6-15(13)20/h3-6,9,11-12,18H,7-8,10H2,1-2H3. The Morgan fingerprint density at radius 3 is 2.95 bits per heavy atom. The number of fused-ring (bicyclic) bond motifs is 1. The summed E-state index contributed by atoms with van der Waals surface area (Å²) in [5, 5.41) is 3.38. The highest BCUT2D eigenvalue weighted by molar-refractivity contribution is 5.66. The van der Waals surface area contributed by atoms with Gasteiger partial charge in [-0.2, -0.15) is 0 Å². The van der Waals surface area contributed by atoms with Crippen molar-refractivity contribution in [2.45, 2.75) is 32.9 Å². The molecule has 1 N–H and O–H groups in total. The maximum atomic E-state index is 4.73. The van der Waals surface area contributed by atoms with Gasteiger partial charge in [-0.1, -0.05) is 32.0 Å². The Morgan fingerprint density at radius 2 is 2.10 bits per heavy atom. The fraction of sp³-hybridized carbons (Fsp3) is 0.375. The fourth-order valence-corrected chi connectivity index (χ4v) is 2.49. The van der Waals surface area contributed by atoms with Crippen molar-refractivity contribution in [3.05, 3.63) is 47.9 Å². The first-order valence-electron chi connectivity index (χ1n) is 7.14. The number of hydrogen-bond donors (Lipinski definition) is 1. The van der Waals surface area contributed by atoms with Gasteiger partial charge in [0.15, 0.2) is 5.82 Å². The van der Waals surface area contributed by atoms with Gasteiger partial charge in [-0.05, 0) is 18.1 Å². The van der Waals surface area contributed by atoms with Crippen molar-refractivity contribution < 1.29 is 0 Å². The molecule has 0 saturated heterocycles. The van der Waals surface area contributed by atoms with E-state index in [0.717, 1.165) is 31.0 Å². The van der Waals surface area contributed by atoms with Crippen LogP contribution in [0.5, 0.6) is 0 Å². The second-order valence-corrected chi connectivity index (χ2v) is 5.43. The minimum absolute atomic E-state index is 0.452. The number of aromatic nitrogens is 2. The summed E-state index contributed by atoms with van der Waals surface area (Å²) >= 11 is 0. The highest BCUT2D eigenvalue weighted by Crippen LogP contribution is 2.32. The predicted octanol–water partition coefficient (Wildman–Crippen LogP) is 2.67. The number of rotatable bonds is 4. The molecule has 4 heteroatoms. The zero-order valence-corrected chi connectivity index (χ0v) is 12.0. The fourth-order valence-electron chi connectivity index (χ4n) is 2.49. The van der Waals surface area contributed by atoms with Crippen molar-refractivity contribution in [1.82, 2.24) is 15.3 Å². The number of nitrogens with zero attached hydrogens (tertiary/aromatic N) is 3. The molecule has 104 valence electrons. The monoisotopic (exact) mass is 268 g/mol. The molecule has 1 aliphatic rings. The summed E-state index contributed by atoms with van der Waals surface area (Å²) in [6.45, 7) is 6.01. The topological polar surface area (TPSA) is 41.1 Å². The molecule has 1 aromatic heterocycles. The van der Waals surface area contributed by atoms with Crippen molar-refractivity contribution in [3.8, 4) is 0 Å². The van der Waals surface area contributed by atoms with Crippen LogP contribution in [0.2, 0.25) is 0 Å². The van der Waals surface area contributed by atoms with E-state index in [0.29, 0.717) is 6.04 Å². The van der Waals surface area contributed by atoms with Crippen LogP contribution in [0.4, 0.5) is 11.5 Å². The zero-order valence-electron chi connectivity index (χ0n) is 12.0. The number of para-hydroxylation sites is 1. The lowest BCUT2D eigenvalue weighted by Crippen LogP contribution is -2.23. The van der Waals surface area contributed by atoms with E-state index in [4.69, 9.17) is 4.98 Å². The molecule has 4 nitrogen and oxygen atoms in total. The molecule has 3 rings (SSSR count). The summed E-state index contributed by atoms with van der Waals surface area (Å²) in [4.78, 5) is 11.3. The van der Waals surface area contributed by atoms with Crippen LogP contribution >= 0.6 is 0 Å². The van der Waals surface area contributed by atoms with Crippen molar-refractivity contribution in [2.75, 3.05) is 11.4 Å². The van der Waals surface area contributed by atoms with Gasteiger partial charge in [0.1, 0.15) is 0 Å². The van der Waals surface area contributed by atoms with Crippen LogP contribution in [0, 0.1) is 0 Å². The van der Waals surface area contributed by atoms with Gasteiger partial charge >= 0.3 is 0 Å². The van der Waals surface area contributed by atoms with Crippen molar-refractivity contribution in [1.29, 1.82) is 0 Å². The first-order valence-corrected chi connectivity index (χ1v) is 7.14. The van der Waals surface area contributed by atoms with Crippen LogP contribution in [-0.2, 0) is 13.0 Å². The maximum Gasteiger partial charge on any atom is 0.151 e. The average Bonchev–Trinajstić information content (AvgIpc) is 2.89. The molecule has 0 unspecified atom stereocenters. The second-order valence-electron chi connectivity index (χ2n) is 5.43. The normalized spacial score (nSPS) is 13.8. The van der Waals surface area contributed by atoms with Crippen LogP contribution in [-0.4, -0.2) is 22.6 Å². The SMILES string of the molecule is CC(C)NCc1cncc(N2CCc3ccccc32)n1. The largest absolute Gasteiger partial charge is 0.325 e. The molecule has 0 saturated carbocycles. The Bertz CT molecular complexity index is 595. The number of benzene rings is 1. The summed E-state index contributed by atoms with van der Waals surface area (Å²) in [6.07, 6.45) is 4.76. The Morgan fingerprint density at radius 1 is 1.25 bits per heavy atom. The van der Waals surface area contributed by atoms with Crippen LogP contribution in [0.3, 0.4) is 0 Å². The third-order valence-corrected chi connectivity index (χ3v) is 3.53. The van der Waals surface area contributed by atoms with Gasteiger partial charge < -0.3 is 10.2 Å². The van der Waals surface area contributed by atoms with Gasteiger partial charge in [-0.25, -0.2) is 4.98 Å². The van der Waals surface area contributed by atoms with Crippen LogP contribution in [0.15, 0.2) is 36.7 Å². The Balaban J connectivity index is 1.83. The highest BCUT2D eigenvalue weighted by atomic mass is 15.2. The molecule has 0 amide bonds. The molecule has 0 fully saturated rings. The van der Waals surface area contributed by atoms with E-state index in [1.54, 1.807) is 0 Å². The molecule has 0 spiro atoms. The molecule has 1 aromatic carbocycles. The maximum absolute atomic E-state index is 4.73. The minimum atomic E-state index is 0.452. The van der Waals surface area contributed by atoms with E-state index in [-0.39, 0.29) is 0 Å². The summed E-state index contributed by atoms with van der Waals surface area (Å²) in [7, 11) is 0. The molecule has 0 bridgehead atoms. The van der Waals surface area contributed by atoms with E-state index in [1.165, 1.54) is 11.3 Å². The number of anilines is 2. The van der Waals surface area contributed by atoms with E-state index in [1.807, 2.05) is 12.4 Å². The quantitative estimate of drug-likeness (QED) is 0.925. The molecule has 1 aliphatic heterocycles. The smallest absolute Gasteiger partial charge is 0.151 e. The molecular weight excluding hydrogens is 248 g/mol. The van der Waals surface area contributed by atoms with Crippen LogP contribution < -0.4 is 10.2 Å². The first-order chi connectivity index (χ1) is 9.74. The Kier molecular flexibility index (Phi) is 3.65. The second kappa shape index (κ2) is 5.59. The first kappa shape index (κ1) is 13.1. The third-order valence-electron chi connectivity index (χ3n) is 3.53. The molecule has 2 aromatic rings. The lowest BCUT2D eigenvalue weighted by atomic mass is 10.2. The van der Waals surface area contributed by atoms with Crippen molar-refractivity contribution in [2.24, 2.45) is 0 Å². The molecular formula is C16H20N4. The Hall–Kier alpha value is -1.94. The molecule has 0 atom stereocenters. The molecule has 0 aliphatic carbocycles. The van der Waals surface area contributed by atoms with E-state index < -0.39 is 0 Å². The third kappa shape index (κ3) is 2.65. The zero-order chi connectivity index (χ0) is 13.9. The lowest BCUT2D eigenvalue weighted by Gasteiger charge is -2.18. The summed E-state index contributed by atoms with van der Waals surface area (Å²) in [5.74, 6) is 0.943. The molecule has 2 heterocycles. The van der Waals surface area contributed by atoms with Crippen LogP contribution in [0.1, 0.15) is 25.1 Å². The summed E-state index contributed by atoms with van der Waals surface area (Å²) in [6, 6.07) is 8.97. The predicted molar refractivity (Wildman–Crippen MR) is 81.2 cm³/mol. The van der Waals surface area contributed by atoms with Crippen molar-refractivity contribution in [3.63, 3.8) is 0 Å². The highest BCUT2D eigenvalue weighted by Gasteiger charge is 2.20. The van der Waals surface area contributed by atoms with Crippen molar-refractivity contribution >= 4 is 11.5 Å². The van der Waals surface area contributed by atoms with Gasteiger partial charge in [-0.3, -0.25) is 4.98 Å². The van der Waals surface area contributed by atoms with Gasteiger partial charge in [-0.15, -0.1) is 0 Å². The summed E-state index contributed by atoms with van der Waals surface area (Å²) < 4.78 is 0. The van der Waals surface area contributed by atoms with Gasteiger partial charge in [0, 0.05) is 31.0 Å². The molecule has 0 radical (unpaired) electrons. The van der Waals surface area contributed by atoms with Gasteiger partial charge in [0.2, 0.25) is 0 Å². The average molecular weight is 268 g/mol. The Labute approximate surface area is 119 Å². The summed E-state index contributed by atoms with van der Waals surface area (Å²) in [5.41, 5.74) is 3.64. The minimum Gasteiger partial charge on any atom is -0.325 e. The number of hydrogen-bond acceptors (Lipinski definition) is 4. The lowest BCUT2D eigenvalue weighted by molar-refractivity contribution is 0.580. The van der Waals surface area contributed by atoms with Crippen LogP contribution in [0.25, 0.3) is 0 Å². The van der Waals surface area contributed by atoms with E-state index in [9.17, 15) is 0 Å². The van der Waals surface area contributed by atoms with E-state index in [2.05, 4.69) is 53.3 Å². The molecule has 20 heavy (non-hydrogen) atoms. The number of nitrogens with one attached hydrogen (secondary N) is 1.